The van der Waals surface area contributed by atoms with Crippen LogP contribution in [0.4, 0.5) is 8.78 Å². The van der Waals surface area contributed by atoms with E-state index in [1.807, 2.05) is 6.08 Å². The van der Waals surface area contributed by atoms with Gasteiger partial charge >= 0.3 is 5.97 Å². The van der Waals surface area contributed by atoms with E-state index in [0.717, 1.165) is 38.0 Å². The number of benzene rings is 1. The highest BCUT2D eigenvalue weighted by Crippen LogP contribution is 2.13. The first kappa shape index (κ1) is 18.5. The second kappa shape index (κ2) is 10.2. The van der Waals surface area contributed by atoms with E-state index in [1.54, 1.807) is 6.08 Å². The number of halogens is 2. The van der Waals surface area contributed by atoms with E-state index < -0.39 is 17.6 Å². The van der Waals surface area contributed by atoms with E-state index in [1.165, 1.54) is 6.07 Å². The molecule has 0 N–H and O–H groups in total. The molecule has 1 fully saturated rings. The molecule has 1 unspecified atom stereocenters. The van der Waals surface area contributed by atoms with Gasteiger partial charge in [0.2, 0.25) is 0 Å². The summed E-state index contributed by atoms with van der Waals surface area (Å²) in [4.78, 5) is 11.6. The van der Waals surface area contributed by atoms with E-state index in [-0.39, 0.29) is 19.3 Å². The Balaban J connectivity index is 1.55. The molecule has 1 heterocycles. The van der Waals surface area contributed by atoms with Crippen LogP contribution in [0.15, 0.2) is 30.4 Å². The lowest BCUT2D eigenvalue weighted by molar-refractivity contribution is -0.161. The van der Waals surface area contributed by atoms with Crippen LogP contribution >= 0.6 is 0 Å². The van der Waals surface area contributed by atoms with Crippen molar-refractivity contribution in [3.8, 4) is 0 Å². The molecule has 24 heavy (non-hydrogen) atoms. The van der Waals surface area contributed by atoms with Crippen LogP contribution in [0.2, 0.25) is 0 Å². The molecule has 1 saturated heterocycles. The summed E-state index contributed by atoms with van der Waals surface area (Å²) in [5, 5.41) is 0. The fraction of sp³-hybridized carbons (Fsp3) is 0.500. The first-order chi connectivity index (χ1) is 11.6. The number of hydrogen-bond acceptors (Lipinski definition) is 4. The minimum Gasteiger partial charge on any atom is -0.461 e. The highest BCUT2D eigenvalue weighted by atomic mass is 19.2. The van der Waals surface area contributed by atoms with Crippen LogP contribution in [0, 0.1) is 11.6 Å². The van der Waals surface area contributed by atoms with E-state index in [2.05, 4.69) is 0 Å². The summed E-state index contributed by atoms with van der Waals surface area (Å²) in [6, 6.07) is 3.35. The fourth-order valence-corrected chi connectivity index (χ4v) is 2.30. The smallest absolute Gasteiger partial charge is 0.310 e. The van der Waals surface area contributed by atoms with Crippen molar-refractivity contribution in [1.82, 2.24) is 0 Å². The number of ether oxygens (including phenoxy) is 3. The second-order valence-corrected chi connectivity index (χ2v) is 5.54. The molecule has 132 valence electrons. The van der Waals surface area contributed by atoms with E-state index in [4.69, 9.17) is 14.2 Å². The van der Waals surface area contributed by atoms with Crippen LogP contribution in [-0.2, 0) is 25.4 Å². The number of rotatable bonds is 8. The SMILES string of the molecule is O=C(Cc1ccc(F)c(F)c1)OCC=CCCOC1CCCCO1. The van der Waals surface area contributed by atoms with Crippen molar-refractivity contribution < 1.29 is 27.8 Å². The average Bonchev–Trinajstić information content (AvgIpc) is 2.58. The molecule has 0 radical (unpaired) electrons. The van der Waals surface area contributed by atoms with Gasteiger partial charge in [0.15, 0.2) is 17.9 Å². The summed E-state index contributed by atoms with van der Waals surface area (Å²) in [6.45, 7) is 1.46. The molecular formula is C18H22F2O4. The van der Waals surface area contributed by atoms with E-state index in [9.17, 15) is 13.6 Å². The Kier molecular flexibility index (Phi) is 7.85. The molecule has 2 rings (SSSR count). The standard InChI is InChI=1S/C18H22F2O4/c19-15-8-7-14(12-16(15)20)13-17(21)22-9-3-1-4-10-23-18-6-2-5-11-24-18/h1,3,7-8,12,18H,2,4-6,9-11,13H2. The van der Waals surface area contributed by atoms with Crippen LogP contribution < -0.4 is 0 Å². The Bertz CT molecular complexity index is 554. The van der Waals surface area contributed by atoms with E-state index >= 15 is 0 Å². The second-order valence-electron chi connectivity index (χ2n) is 5.54. The molecule has 1 aromatic carbocycles. The lowest BCUT2D eigenvalue weighted by atomic mass is 10.1. The lowest BCUT2D eigenvalue weighted by Crippen LogP contribution is -2.22. The summed E-state index contributed by atoms with van der Waals surface area (Å²) >= 11 is 0. The summed E-state index contributed by atoms with van der Waals surface area (Å²) < 4.78 is 41.8. The maximum Gasteiger partial charge on any atom is 0.310 e. The van der Waals surface area contributed by atoms with Crippen molar-refractivity contribution >= 4 is 5.97 Å². The Morgan fingerprint density at radius 2 is 2.12 bits per heavy atom. The van der Waals surface area contributed by atoms with Gasteiger partial charge in [-0.3, -0.25) is 4.79 Å². The summed E-state index contributed by atoms with van der Waals surface area (Å²) in [5.41, 5.74) is 0.378. The molecule has 0 aromatic heterocycles. The van der Waals surface area contributed by atoms with Gasteiger partial charge in [0.25, 0.3) is 0 Å². The molecule has 0 spiro atoms. The van der Waals surface area contributed by atoms with Crippen LogP contribution in [-0.4, -0.2) is 32.1 Å². The van der Waals surface area contributed by atoms with Gasteiger partial charge in [0.1, 0.15) is 6.61 Å². The van der Waals surface area contributed by atoms with Gasteiger partial charge in [-0.25, -0.2) is 8.78 Å². The molecule has 1 aliphatic heterocycles. The third-order valence-electron chi connectivity index (χ3n) is 3.57. The summed E-state index contributed by atoms with van der Waals surface area (Å²) in [6.07, 6.45) is 7.28. The normalized spacial score (nSPS) is 18.0. The molecule has 1 aromatic rings. The van der Waals surface area contributed by atoms with Crippen molar-refractivity contribution in [3.63, 3.8) is 0 Å². The number of carbonyl (C=O) groups is 1. The van der Waals surface area contributed by atoms with Crippen LogP contribution in [0.25, 0.3) is 0 Å². The van der Waals surface area contributed by atoms with Crippen molar-refractivity contribution in [2.45, 2.75) is 38.4 Å². The molecule has 0 aliphatic carbocycles. The number of carbonyl (C=O) groups excluding carboxylic acids is 1. The van der Waals surface area contributed by atoms with Crippen LogP contribution in [0.3, 0.4) is 0 Å². The third kappa shape index (κ3) is 6.76. The first-order valence-corrected chi connectivity index (χ1v) is 8.13. The summed E-state index contributed by atoms with van der Waals surface area (Å²) in [7, 11) is 0. The lowest BCUT2D eigenvalue weighted by Gasteiger charge is -2.22. The molecule has 0 bridgehead atoms. The average molecular weight is 340 g/mol. The topological polar surface area (TPSA) is 44.8 Å². The maximum absolute atomic E-state index is 13.0. The zero-order chi connectivity index (χ0) is 17.2. The van der Waals surface area contributed by atoms with Gasteiger partial charge in [-0.2, -0.15) is 0 Å². The Labute approximate surface area is 140 Å². The number of esters is 1. The number of hydrogen-bond donors (Lipinski definition) is 0. The van der Waals surface area contributed by atoms with Crippen LogP contribution in [0.1, 0.15) is 31.2 Å². The molecule has 0 amide bonds. The molecule has 1 aliphatic rings. The van der Waals surface area contributed by atoms with Gasteiger partial charge in [-0.05, 0) is 43.4 Å². The molecule has 4 nitrogen and oxygen atoms in total. The Morgan fingerprint density at radius 1 is 1.25 bits per heavy atom. The maximum atomic E-state index is 13.0. The summed E-state index contributed by atoms with van der Waals surface area (Å²) in [5.74, 6) is -2.39. The molecular weight excluding hydrogens is 318 g/mol. The third-order valence-corrected chi connectivity index (χ3v) is 3.57. The van der Waals surface area contributed by atoms with Gasteiger partial charge in [0, 0.05) is 6.61 Å². The highest BCUT2D eigenvalue weighted by Gasteiger charge is 2.13. The quantitative estimate of drug-likeness (QED) is 0.412. The van der Waals surface area contributed by atoms with Gasteiger partial charge in [-0.15, -0.1) is 0 Å². The largest absolute Gasteiger partial charge is 0.461 e. The zero-order valence-electron chi connectivity index (χ0n) is 13.5. The van der Waals surface area contributed by atoms with Crippen molar-refractivity contribution in [3.05, 3.63) is 47.5 Å². The Hall–Kier alpha value is -1.79. The fourth-order valence-electron chi connectivity index (χ4n) is 2.30. The molecule has 0 saturated carbocycles. The van der Waals surface area contributed by atoms with Crippen LogP contribution in [0.5, 0.6) is 0 Å². The van der Waals surface area contributed by atoms with Crippen molar-refractivity contribution in [2.75, 3.05) is 19.8 Å². The minimum atomic E-state index is -0.970. The predicted molar refractivity (Wildman–Crippen MR) is 84.3 cm³/mol. The van der Waals surface area contributed by atoms with Crippen molar-refractivity contribution in [1.29, 1.82) is 0 Å². The predicted octanol–water partition coefficient (Wildman–Crippen LogP) is 3.54. The minimum absolute atomic E-state index is 0.0901. The van der Waals surface area contributed by atoms with Gasteiger partial charge in [0.05, 0.1) is 13.0 Å². The van der Waals surface area contributed by atoms with Crippen molar-refractivity contribution in [2.24, 2.45) is 0 Å². The van der Waals surface area contributed by atoms with Gasteiger partial charge in [-0.1, -0.05) is 18.2 Å². The highest BCUT2D eigenvalue weighted by molar-refractivity contribution is 5.72. The van der Waals surface area contributed by atoms with E-state index in [0.29, 0.717) is 18.6 Å². The zero-order valence-corrected chi connectivity index (χ0v) is 13.5. The molecule has 6 heteroatoms. The molecule has 1 atom stereocenters. The Morgan fingerprint density at radius 3 is 2.88 bits per heavy atom. The monoisotopic (exact) mass is 340 g/mol. The first-order valence-electron chi connectivity index (χ1n) is 8.13. The van der Waals surface area contributed by atoms with Gasteiger partial charge < -0.3 is 14.2 Å².